The summed E-state index contributed by atoms with van der Waals surface area (Å²) in [6, 6.07) is 0. The fraction of sp³-hybridized carbons (Fsp3) is 0.727. The second kappa shape index (κ2) is 5.38. The molecule has 4 aliphatic carbocycles. The van der Waals surface area contributed by atoms with Crippen molar-refractivity contribution in [3.63, 3.8) is 0 Å². The van der Waals surface area contributed by atoms with E-state index in [0.717, 1.165) is 5.57 Å². The van der Waals surface area contributed by atoms with Gasteiger partial charge in [0.15, 0.2) is 11.6 Å². The van der Waals surface area contributed by atoms with Crippen LogP contribution in [0.1, 0.15) is 59.3 Å². The third kappa shape index (κ3) is 2.00. The van der Waals surface area contributed by atoms with Crippen LogP contribution in [0.25, 0.3) is 0 Å². The Balaban J connectivity index is 1.86. The van der Waals surface area contributed by atoms with Crippen LogP contribution >= 0.6 is 0 Å². The van der Waals surface area contributed by atoms with Crippen molar-refractivity contribution >= 4 is 11.6 Å². The summed E-state index contributed by atoms with van der Waals surface area (Å²) < 4.78 is 16.9. The molecule has 2 N–H and O–H groups in total. The van der Waals surface area contributed by atoms with Gasteiger partial charge < -0.3 is 10.2 Å². The Morgan fingerprint density at radius 3 is 2.59 bits per heavy atom. The van der Waals surface area contributed by atoms with Crippen molar-refractivity contribution in [3.8, 4) is 0 Å². The van der Waals surface area contributed by atoms with Crippen molar-refractivity contribution in [2.45, 2.75) is 76.7 Å². The number of fused-ring (bicyclic) bond motifs is 5. The average Bonchev–Trinajstić information content (AvgIpc) is 2.85. The lowest BCUT2D eigenvalue weighted by Crippen LogP contribution is -2.69. The highest BCUT2D eigenvalue weighted by Gasteiger charge is 2.74. The summed E-state index contributed by atoms with van der Waals surface area (Å²) in [6.45, 7) is 9.15. The average molecular weight is 376 g/mol. The number of ketones is 2. The van der Waals surface area contributed by atoms with E-state index in [4.69, 9.17) is 0 Å². The van der Waals surface area contributed by atoms with Crippen LogP contribution in [-0.4, -0.2) is 39.2 Å². The number of alkyl halides is 1. The fourth-order valence-electron chi connectivity index (χ4n) is 7.14. The zero-order valence-corrected chi connectivity index (χ0v) is 16.3. The van der Waals surface area contributed by atoms with Crippen LogP contribution in [0, 0.1) is 22.7 Å². The van der Waals surface area contributed by atoms with Gasteiger partial charge in [-0.2, -0.15) is 0 Å². The first-order valence-corrected chi connectivity index (χ1v) is 9.95. The summed E-state index contributed by atoms with van der Waals surface area (Å²) in [4.78, 5) is 24.2. The van der Waals surface area contributed by atoms with Gasteiger partial charge in [0.2, 0.25) is 0 Å². The topological polar surface area (TPSA) is 74.6 Å². The number of carbonyl (C=O) groups excluding carboxylic acids is 2. The maximum absolute atomic E-state index is 16.9. The SMILES string of the molecule is C=C1C[C@H]2[C@@H]3CC[C@](O)(C(C)=O)[C@@]3(C)C[C@H](O)[C@]2(F)[C@@]2(C)CCC(=O)C=C12. The lowest BCUT2D eigenvalue weighted by molar-refractivity contribution is -0.221. The second-order valence-corrected chi connectivity index (χ2v) is 9.74. The normalized spacial score (nSPS) is 51.9. The molecule has 4 rings (SSSR count). The minimum absolute atomic E-state index is 0.0207. The van der Waals surface area contributed by atoms with Crippen LogP contribution in [0.3, 0.4) is 0 Å². The summed E-state index contributed by atoms with van der Waals surface area (Å²) in [5, 5.41) is 22.3. The molecule has 4 aliphatic rings. The Morgan fingerprint density at radius 2 is 1.96 bits per heavy atom. The summed E-state index contributed by atoms with van der Waals surface area (Å²) >= 11 is 0. The lowest BCUT2D eigenvalue weighted by atomic mass is 9.43. The number of carbonyl (C=O) groups is 2. The number of aliphatic hydroxyl groups is 2. The van der Waals surface area contributed by atoms with Crippen molar-refractivity contribution in [1.29, 1.82) is 0 Å². The van der Waals surface area contributed by atoms with Crippen LogP contribution < -0.4 is 0 Å². The highest BCUT2D eigenvalue weighted by molar-refractivity contribution is 5.93. The monoisotopic (exact) mass is 376 g/mol. The molecule has 0 radical (unpaired) electrons. The maximum atomic E-state index is 16.9. The molecule has 0 aromatic carbocycles. The predicted octanol–water partition coefficient (Wildman–Crippen LogP) is 3.07. The van der Waals surface area contributed by atoms with Gasteiger partial charge in [-0.25, -0.2) is 4.39 Å². The van der Waals surface area contributed by atoms with Crippen LogP contribution in [0.15, 0.2) is 23.8 Å². The van der Waals surface area contributed by atoms with E-state index in [0.29, 0.717) is 31.3 Å². The minimum atomic E-state index is -1.90. The van der Waals surface area contributed by atoms with Gasteiger partial charge in [0, 0.05) is 23.2 Å². The molecule has 7 atom stereocenters. The molecule has 0 saturated heterocycles. The molecule has 0 spiro atoms. The van der Waals surface area contributed by atoms with Crippen LogP contribution in [0.2, 0.25) is 0 Å². The van der Waals surface area contributed by atoms with E-state index in [2.05, 4.69) is 6.58 Å². The van der Waals surface area contributed by atoms with Crippen LogP contribution in [0.5, 0.6) is 0 Å². The summed E-state index contributed by atoms with van der Waals surface area (Å²) in [7, 11) is 0. The van der Waals surface area contributed by atoms with E-state index in [-0.39, 0.29) is 30.3 Å². The van der Waals surface area contributed by atoms with E-state index < -0.39 is 34.1 Å². The summed E-state index contributed by atoms with van der Waals surface area (Å²) in [5.74, 6) is -1.07. The predicted molar refractivity (Wildman–Crippen MR) is 98.6 cm³/mol. The molecule has 0 unspecified atom stereocenters. The first-order chi connectivity index (χ1) is 12.4. The van der Waals surface area contributed by atoms with Crippen LogP contribution in [0.4, 0.5) is 4.39 Å². The van der Waals surface area contributed by atoms with Crippen molar-refractivity contribution < 1.29 is 24.2 Å². The van der Waals surface area contributed by atoms with E-state index in [1.807, 2.05) is 6.92 Å². The number of hydrogen-bond acceptors (Lipinski definition) is 4. The molecule has 148 valence electrons. The molecule has 0 bridgehead atoms. The van der Waals surface area contributed by atoms with Gasteiger partial charge in [0.25, 0.3) is 0 Å². The Labute approximate surface area is 159 Å². The van der Waals surface area contributed by atoms with Gasteiger partial charge >= 0.3 is 0 Å². The highest BCUT2D eigenvalue weighted by Crippen LogP contribution is 2.70. The highest BCUT2D eigenvalue weighted by atomic mass is 19.1. The van der Waals surface area contributed by atoms with E-state index >= 15 is 4.39 Å². The first kappa shape index (κ1) is 19.0. The van der Waals surface area contributed by atoms with Gasteiger partial charge in [-0.3, -0.25) is 9.59 Å². The van der Waals surface area contributed by atoms with E-state index in [1.54, 1.807) is 6.92 Å². The number of aliphatic hydroxyl groups excluding tert-OH is 1. The van der Waals surface area contributed by atoms with Gasteiger partial charge in [-0.05, 0) is 56.6 Å². The zero-order valence-electron chi connectivity index (χ0n) is 16.3. The molecule has 3 saturated carbocycles. The van der Waals surface area contributed by atoms with Gasteiger partial charge in [-0.15, -0.1) is 0 Å². The standard InChI is InChI=1S/C22H29FO4/c1-12-9-17-15-6-8-21(27,13(2)24)20(15,4)11-18(26)22(17,23)19(3)7-5-14(25)10-16(12)19/h10,15,17-18,26-27H,1,5-9,11H2,2-4H3/t15-,17-,18-,19-,20-,21-,22-/m0/s1. The molecule has 4 nitrogen and oxygen atoms in total. The number of Topliss-reactive ketones (excluding diaryl/α,β-unsaturated/α-hetero) is 1. The molecular weight excluding hydrogens is 347 g/mol. The molecule has 0 amide bonds. The molecule has 0 aromatic heterocycles. The van der Waals surface area contributed by atoms with Gasteiger partial charge in [0.1, 0.15) is 11.3 Å². The zero-order chi connectivity index (χ0) is 20.0. The van der Waals surface area contributed by atoms with Crippen molar-refractivity contribution in [2.75, 3.05) is 0 Å². The Bertz CT molecular complexity index is 787. The molecule has 0 heterocycles. The smallest absolute Gasteiger partial charge is 0.161 e. The van der Waals surface area contributed by atoms with Crippen molar-refractivity contribution in [2.24, 2.45) is 22.7 Å². The fourth-order valence-corrected chi connectivity index (χ4v) is 7.14. The van der Waals surface area contributed by atoms with Crippen LogP contribution in [-0.2, 0) is 9.59 Å². The maximum Gasteiger partial charge on any atom is 0.161 e. The number of hydrogen-bond donors (Lipinski definition) is 2. The Kier molecular flexibility index (Phi) is 3.79. The van der Waals surface area contributed by atoms with E-state index in [1.165, 1.54) is 13.0 Å². The third-order valence-electron chi connectivity index (χ3n) is 8.75. The molecule has 0 aliphatic heterocycles. The molecule has 5 heteroatoms. The number of halogens is 1. The second-order valence-electron chi connectivity index (χ2n) is 9.74. The Hall–Kier alpha value is -1.33. The third-order valence-corrected chi connectivity index (χ3v) is 8.75. The number of rotatable bonds is 1. The summed E-state index contributed by atoms with van der Waals surface area (Å²) in [6.07, 6.45) is 2.07. The number of allylic oxidation sites excluding steroid dienone is 2. The first-order valence-electron chi connectivity index (χ1n) is 9.95. The van der Waals surface area contributed by atoms with E-state index in [9.17, 15) is 19.8 Å². The molecule has 3 fully saturated rings. The minimum Gasteiger partial charge on any atom is -0.390 e. The van der Waals surface area contributed by atoms with Crippen molar-refractivity contribution in [3.05, 3.63) is 23.8 Å². The van der Waals surface area contributed by atoms with Gasteiger partial charge in [0.05, 0.1) is 6.10 Å². The largest absolute Gasteiger partial charge is 0.390 e. The molecule has 27 heavy (non-hydrogen) atoms. The Morgan fingerprint density at radius 1 is 1.30 bits per heavy atom. The van der Waals surface area contributed by atoms with Gasteiger partial charge in [-0.1, -0.05) is 26.0 Å². The quantitative estimate of drug-likeness (QED) is 0.738. The summed E-state index contributed by atoms with van der Waals surface area (Å²) in [5.41, 5.74) is -3.87. The molecular formula is C22H29FO4. The molecule has 0 aromatic rings. The van der Waals surface area contributed by atoms with Crippen molar-refractivity contribution in [1.82, 2.24) is 0 Å². The lowest BCUT2D eigenvalue weighted by Gasteiger charge is -2.63.